The molecule has 3 aliphatic heterocycles. The highest BCUT2D eigenvalue weighted by Gasteiger charge is 2.27. The topological polar surface area (TPSA) is 74.2 Å². The number of aromatic hydroxyl groups is 1. The maximum Gasteiger partial charge on any atom is 0.162 e. The summed E-state index contributed by atoms with van der Waals surface area (Å²) >= 11 is 1.82. The van der Waals surface area contributed by atoms with E-state index in [4.69, 9.17) is 19.4 Å². The smallest absolute Gasteiger partial charge is 0.162 e. The second-order valence-corrected chi connectivity index (χ2v) is 10.7. The Morgan fingerprint density at radius 1 is 0.914 bits per heavy atom. The summed E-state index contributed by atoms with van der Waals surface area (Å²) in [6.07, 6.45) is 2.46. The van der Waals surface area contributed by atoms with Crippen molar-refractivity contribution in [3.8, 4) is 17.1 Å². The summed E-state index contributed by atoms with van der Waals surface area (Å²) in [7, 11) is 0. The first-order valence-electron chi connectivity index (χ1n) is 12.7. The predicted molar refractivity (Wildman–Crippen MR) is 138 cm³/mol. The van der Waals surface area contributed by atoms with E-state index in [1.807, 2.05) is 23.5 Å². The van der Waals surface area contributed by atoms with Crippen LogP contribution in [0.2, 0.25) is 0 Å². The monoisotopic (exact) mass is 495 g/mol. The predicted octanol–water partition coefficient (Wildman–Crippen LogP) is 3.20. The highest BCUT2D eigenvalue weighted by atomic mass is 32.1. The number of benzene rings is 1. The summed E-state index contributed by atoms with van der Waals surface area (Å²) < 4.78 is 12.3. The fraction of sp³-hybridized carbons (Fsp3) is 0.538. The van der Waals surface area contributed by atoms with Crippen molar-refractivity contribution in [2.45, 2.75) is 25.4 Å². The van der Waals surface area contributed by atoms with Gasteiger partial charge in [-0.25, -0.2) is 9.97 Å². The van der Waals surface area contributed by atoms with E-state index < -0.39 is 0 Å². The Balaban J connectivity index is 1.24. The van der Waals surface area contributed by atoms with E-state index in [0.717, 1.165) is 80.6 Å². The Morgan fingerprint density at radius 2 is 1.66 bits per heavy atom. The number of hydrogen-bond acceptors (Lipinski definition) is 9. The van der Waals surface area contributed by atoms with Gasteiger partial charge in [0.05, 0.1) is 36.6 Å². The number of likely N-dealkylation sites (tertiary alicyclic amines) is 1. The van der Waals surface area contributed by atoms with Crippen molar-refractivity contribution in [2.75, 3.05) is 70.6 Å². The molecular formula is C26H33N5O3S. The van der Waals surface area contributed by atoms with Gasteiger partial charge in [0.1, 0.15) is 5.75 Å². The maximum atomic E-state index is 10.00. The van der Waals surface area contributed by atoms with Crippen molar-refractivity contribution in [2.24, 2.45) is 0 Å². The summed E-state index contributed by atoms with van der Waals surface area (Å²) in [6, 6.07) is 10.1. The summed E-state index contributed by atoms with van der Waals surface area (Å²) in [4.78, 5) is 18.8. The molecule has 1 N–H and O–H groups in total. The van der Waals surface area contributed by atoms with Gasteiger partial charge in [0.25, 0.3) is 0 Å². The number of aromatic nitrogens is 2. The van der Waals surface area contributed by atoms with E-state index in [1.54, 1.807) is 12.1 Å². The van der Waals surface area contributed by atoms with Crippen LogP contribution in [0.5, 0.6) is 5.75 Å². The van der Waals surface area contributed by atoms with Crippen LogP contribution in [0, 0.1) is 0 Å². The molecule has 3 aliphatic rings. The van der Waals surface area contributed by atoms with Crippen molar-refractivity contribution < 1.29 is 14.6 Å². The number of phenols is 1. The second-order valence-electron chi connectivity index (χ2n) is 9.60. The fourth-order valence-electron chi connectivity index (χ4n) is 5.41. The number of rotatable bonds is 5. The molecule has 1 aromatic carbocycles. The lowest BCUT2D eigenvalue weighted by atomic mass is 10.0. The Morgan fingerprint density at radius 3 is 2.40 bits per heavy atom. The van der Waals surface area contributed by atoms with Crippen LogP contribution in [0.25, 0.3) is 21.6 Å². The van der Waals surface area contributed by atoms with Gasteiger partial charge in [0.2, 0.25) is 0 Å². The average Bonchev–Trinajstić information content (AvgIpc) is 3.32. The molecule has 0 radical (unpaired) electrons. The van der Waals surface area contributed by atoms with Gasteiger partial charge in [-0.3, -0.25) is 9.80 Å². The second kappa shape index (κ2) is 10.4. The zero-order valence-electron chi connectivity index (χ0n) is 20.1. The number of piperidine rings is 1. The number of phenolic OH excluding ortho intramolecular Hbond substituents is 1. The molecule has 3 fully saturated rings. The SMILES string of the molecule is Oc1cccc(-c2nc(N3CCOCC3)c3sc(CN4CCC(N5CCOCC5)CC4)cc3n2)c1. The zero-order valence-corrected chi connectivity index (χ0v) is 20.9. The maximum absolute atomic E-state index is 10.00. The lowest BCUT2D eigenvalue weighted by Gasteiger charge is -2.40. The fourth-order valence-corrected chi connectivity index (χ4v) is 6.57. The first kappa shape index (κ1) is 23.1. The summed E-state index contributed by atoms with van der Waals surface area (Å²) in [5.74, 6) is 1.87. The number of fused-ring (bicyclic) bond motifs is 1. The van der Waals surface area contributed by atoms with Gasteiger partial charge < -0.3 is 19.5 Å². The normalized spacial score (nSPS) is 21.1. The minimum Gasteiger partial charge on any atom is -0.508 e. The molecule has 35 heavy (non-hydrogen) atoms. The van der Waals surface area contributed by atoms with E-state index in [9.17, 15) is 5.11 Å². The molecule has 2 aromatic heterocycles. The highest BCUT2D eigenvalue weighted by Crippen LogP contribution is 2.35. The number of anilines is 1. The van der Waals surface area contributed by atoms with Crippen LogP contribution in [0.3, 0.4) is 0 Å². The van der Waals surface area contributed by atoms with Crippen LogP contribution in [0.1, 0.15) is 17.7 Å². The van der Waals surface area contributed by atoms with E-state index in [-0.39, 0.29) is 5.75 Å². The lowest BCUT2D eigenvalue weighted by molar-refractivity contribution is 0.000310. The van der Waals surface area contributed by atoms with Gasteiger partial charge in [0.15, 0.2) is 11.6 Å². The molecule has 0 saturated carbocycles. The highest BCUT2D eigenvalue weighted by molar-refractivity contribution is 7.19. The Bertz CT molecular complexity index is 1150. The third kappa shape index (κ3) is 5.15. The Labute approximate surface area is 210 Å². The van der Waals surface area contributed by atoms with Crippen LogP contribution in [0.4, 0.5) is 5.82 Å². The molecule has 6 rings (SSSR count). The number of morpholine rings is 2. The van der Waals surface area contributed by atoms with Crippen LogP contribution in [0.15, 0.2) is 30.3 Å². The largest absolute Gasteiger partial charge is 0.508 e. The van der Waals surface area contributed by atoms with Gasteiger partial charge in [0, 0.05) is 62.3 Å². The van der Waals surface area contributed by atoms with E-state index in [2.05, 4.69) is 20.8 Å². The van der Waals surface area contributed by atoms with Gasteiger partial charge in [-0.05, 0) is 31.0 Å². The van der Waals surface area contributed by atoms with Crippen molar-refractivity contribution in [1.82, 2.24) is 19.8 Å². The Hall–Kier alpha value is -2.30. The molecule has 0 spiro atoms. The summed E-state index contributed by atoms with van der Waals surface area (Å²) in [5.41, 5.74) is 1.82. The van der Waals surface area contributed by atoms with E-state index in [1.165, 1.54) is 17.7 Å². The molecule has 0 amide bonds. The van der Waals surface area contributed by atoms with Crippen molar-refractivity contribution >= 4 is 27.4 Å². The zero-order chi connectivity index (χ0) is 23.6. The third-order valence-corrected chi connectivity index (χ3v) is 8.42. The molecule has 0 atom stereocenters. The molecule has 8 nitrogen and oxygen atoms in total. The average molecular weight is 496 g/mol. The molecule has 3 aromatic rings. The molecule has 0 unspecified atom stereocenters. The molecule has 3 saturated heterocycles. The number of hydrogen-bond donors (Lipinski definition) is 1. The standard InChI is InChI=1S/C26H33N5O3S/c32-21-3-1-2-19(16-21)25-27-23-17-22(35-24(23)26(28-25)31-10-14-34-15-11-31)18-29-6-4-20(5-7-29)30-8-12-33-13-9-30/h1-3,16-17,20,32H,4-15,18H2. The van der Waals surface area contributed by atoms with Crippen molar-refractivity contribution in [3.05, 3.63) is 35.2 Å². The third-order valence-electron chi connectivity index (χ3n) is 7.32. The van der Waals surface area contributed by atoms with E-state index in [0.29, 0.717) is 25.1 Å². The minimum absolute atomic E-state index is 0.227. The van der Waals surface area contributed by atoms with Gasteiger partial charge in [-0.1, -0.05) is 12.1 Å². The van der Waals surface area contributed by atoms with Gasteiger partial charge in [-0.2, -0.15) is 0 Å². The number of nitrogens with zero attached hydrogens (tertiary/aromatic N) is 5. The quantitative estimate of drug-likeness (QED) is 0.579. The minimum atomic E-state index is 0.227. The van der Waals surface area contributed by atoms with Crippen LogP contribution in [-0.2, 0) is 16.0 Å². The van der Waals surface area contributed by atoms with Crippen LogP contribution in [-0.4, -0.2) is 96.6 Å². The molecule has 0 bridgehead atoms. The number of ether oxygens (including phenoxy) is 2. The van der Waals surface area contributed by atoms with Crippen molar-refractivity contribution in [1.29, 1.82) is 0 Å². The lowest BCUT2D eigenvalue weighted by Crippen LogP contribution is -2.48. The summed E-state index contributed by atoms with van der Waals surface area (Å²) in [6.45, 7) is 10.2. The first-order valence-corrected chi connectivity index (χ1v) is 13.5. The first-order chi connectivity index (χ1) is 17.2. The summed E-state index contributed by atoms with van der Waals surface area (Å²) in [5, 5.41) is 10.00. The van der Waals surface area contributed by atoms with E-state index >= 15 is 0 Å². The van der Waals surface area contributed by atoms with Crippen LogP contribution < -0.4 is 4.90 Å². The molecule has 5 heterocycles. The number of thiophene rings is 1. The molecule has 9 heteroatoms. The van der Waals surface area contributed by atoms with Crippen molar-refractivity contribution in [3.63, 3.8) is 0 Å². The Kier molecular flexibility index (Phi) is 6.84. The molecule has 0 aliphatic carbocycles. The van der Waals surface area contributed by atoms with Gasteiger partial charge in [-0.15, -0.1) is 11.3 Å². The van der Waals surface area contributed by atoms with Gasteiger partial charge >= 0.3 is 0 Å². The molecular weight excluding hydrogens is 462 g/mol. The van der Waals surface area contributed by atoms with Crippen LogP contribution >= 0.6 is 11.3 Å². The molecule has 186 valence electrons.